The van der Waals surface area contributed by atoms with Crippen molar-refractivity contribution in [3.63, 3.8) is 0 Å². The van der Waals surface area contributed by atoms with E-state index >= 15 is 0 Å². The van der Waals surface area contributed by atoms with Gasteiger partial charge < -0.3 is 9.67 Å². The zero-order valence-corrected chi connectivity index (χ0v) is 12.7. The Bertz CT molecular complexity index is 787. The summed E-state index contributed by atoms with van der Waals surface area (Å²) in [5.74, 6) is -0.680. The van der Waals surface area contributed by atoms with Crippen molar-refractivity contribution in [2.45, 2.75) is 6.54 Å². The van der Waals surface area contributed by atoms with Gasteiger partial charge in [0.25, 0.3) is 11.5 Å². The molecule has 1 amide bonds. The topological polar surface area (TPSA) is 83.7 Å². The van der Waals surface area contributed by atoms with E-state index in [-0.39, 0.29) is 28.4 Å². The van der Waals surface area contributed by atoms with Crippen molar-refractivity contribution in [2.75, 3.05) is 0 Å². The summed E-state index contributed by atoms with van der Waals surface area (Å²) in [4.78, 5) is 23.1. The van der Waals surface area contributed by atoms with Crippen molar-refractivity contribution in [3.8, 4) is 5.75 Å². The fourth-order valence-electron chi connectivity index (χ4n) is 1.64. The van der Waals surface area contributed by atoms with Gasteiger partial charge in [0.15, 0.2) is 0 Å². The summed E-state index contributed by atoms with van der Waals surface area (Å²) in [6.45, 7) is -0.167. The highest BCUT2D eigenvalue weighted by Crippen LogP contribution is 2.29. The number of carbonyl (C=O) groups excluding carboxylic acids is 1. The lowest BCUT2D eigenvalue weighted by atomic mass is 10.2. The number of phenolic OH excluding ortho intramolecular Hbond substituents is 1. The molecule has 8 heteroatoms. The minimum atomic E-state index is -0.489. The van der Waals surface area contributed by atoms with Gasteiger partial charge in [-0.05, 0) is 18.2 Å². The van der Waals surface area contributed by atoms with Crippen LogP contribution in [0.15, 0.2) is 46.4 Å². The van der Waals surface area contributed by atoms with E-state index in [1.165, 1.54) is 35.2 Å². The van der Waals surface area contributed by atoms with Crippen molar-refractivity contribution in [1.82, 2.24) is 9.99 Å². The van der Waals surface area contributed by atoms with Gasteiger partial charge in [0, 0.05) is 22.8 Å². The molecule has 0 aliphatic carbocycles. The average Bonchev–Trinajstić information content (AvgIpc) is 2.46. The standard InChI is InChI=1S/C14H11Cl2N3O3/c15-10-5-9(14(22)11(16)6-10)7-17-18-12(20)8-19-4-2-1-3-13(19)21/h1-7,22H,8H2,(H,18,20)/b17-7+. The lowest BCUT2D eigenvalue weighted by Crippen LogP contribution is -2.28. The molecular weight excluding hydrogens is 329 g/mol. The van der Waals surface area contributed by atoms with Crippen molar-refractivity contribution in [2.24, 2.45) is 5.10 Å². The summed E-state index contributed by atoms with van der Waals surface area (Å²) in [5, 5.41) is 13.8. The fraction of sp³-hybridized carbons (Fsp3) is 0.0714. The number of hydrogen-bond donors (Lipinski definition) is 2. The summed E-state index contributed by atoms with van der Waals surface area (Å²) in [6.07, 6.45) is 2.70. The van der Waals surface area contributed by atoms with Crippen molar-refractivity contribution in [1.29, 1.82) is 0 Å². The second-order valence-corrected chi connectivity index (χ2v) is 5.13. The van der Waals surface area contributed by atoms with Crippen LogP contribution >= 0.6 is 23.2 Å². The number of aromatic hydroxyl groups is 1. The van der Waals surface area contributed by atoms with E-state index in [9.17, 15) is 14.7 Å². The summed E-state index contributed by atoms with van der Waals surface area (Å²) in [7, 11) is 0. The van der Waals surface area contributed by atoms with Gasteiger partial charge in [-0.15, -0.1) is 0 Å². The van der Waals surface area contributed by atoms with Crippen molar-refractivity contribution < 1.29 is 9.90 Å². The largest absolute Gasteiger partial charge is 0.506 e. The van der Waals surface area contributed by atoms with Gasteiger partial charge >= 0.3 is 0 Å². The highest BCUT2D eigenvalue weighted by atomic mass is 35.5. The number of phenols is 1. The molecule has 2 N–H and O–H groups in total. The zero-order valence-electron chi connectivity index (χ0n) is 11.2. The zero-order chi connectivity index (χ0) is 16.1. The van der Waals surface area contributed by atoms with E-state index in [2.05, 4.69) is 10.5 Å². The van der Waals surface area contributed by atoms with Crippen molar-refractivity contribution in [3.05, 3.63) is 62.5 Å². The van der Waals surface area contributed by atoms with Crippen LogP contribution in [-0.4, -0.2) is 21.8 Å². The SMILES string of the molecule is O=C(Cn1ccccc1=O)N/N=C/c1cc(Cl)cc(Cl)c1O. The number of amides is 1. The molecule has 0 spiro atoms. The molecular formula is C14H11Cl2N3O3. The molecule has 0 aliphatic rings. The highest BCUT2D eigenvalue weighted by molar-refractivity contribution is 6.36. The molecule has 2 aromatic rings. The smallest absolute Gasteiger partial charge is 0.260 e. The number of nitrogens with one attached hydrogen (secondary N) is 1. The second kappa shape index (κ2) is 7.11. The molecule has 114 valence electrons. The van der Waals surface area contributed by atoms with Crippen LogP contribution in [0.5, 0.6) is 5.75 Å². The summed E-state index contributed by atoms with van der Waals surface area (Å²) < 4.78 is 1.23. The number of hydrogen-bond acceptors (Lipinski definition) is 4. The summed E-state index contributed by atoms with van der Waals surface area (Å²) in [6, 6.07) is 7.41. The number of rotatable bonds is 4. The van der Waals surface area contributed by atoms with Crippen LogP contribution in [0.25, 0.3) is 0 Å². The van der Waals surface area contributed by atoms with E-state index in [0.29, 0.717) is 5.02 Å². The number of pyridine rings is 1. The number of aromatic nitrogens is 1. The molecule has 6 nitrogen and oxygen atoms in total. The molecule has 0 radical (unpaired) electrons. The third kappa shape index (κ3) is 4.09. The van der Waals surface area contributed by atoms with Gasteiger partial charge in [-0.25, -0.2) is 5.43 Å². The van der Waals surface area contributed by atoms with Crippen LogP contribution in [0.3, 0.4) is 0 Å². The average molecular weight is 340 g/mol. The molecule has 1 aromatic heterocycles. The Hall–Kier alpha value is -2.31. The molecule has 0 fully saturated rings. The quantitative estimate of drug-likeness (QED) is 0.660. The van der Waals surface area contributed by atoms with Crippen LogP contribution < -0.4 is 11.0 Å². The van der Waals surface area contributed by atoms with Crippen LogP contribution in [0.4, 0.5) is 0 Å². The van der Waals surface area contributed by atoms with Gasteiger partial charge in [-0.3, -0.25) is 9.59 Å². The van der Waals surface area contributed by atoms with Gasteiger partial charge in [0.05, 0.1) is 11.2 Å². The Labute approximate surface area is 135 Å². The number of hydrazone groups is 1. The summed E-state index contributed by atoms with van der Waals surface area (Å²) >= 11 is 11.6. The van der Waals surface area contributed by atoms with E-state index in [4.69, 9.17) is 23.2 Å². The molecule has 1 heterocycles. The lowest BCUT2D eigenvalue weighted by molar-refractivity contribution is -0.121. The minimum absolute atomic E-state index is 0.0797. The van der Waals surface area contributed by atoms with E-state index in [1.54, 1.807) is 12.1 Å². The molecule has 0 bridgehead atoms. The second-order valence-electron chi connectivity index (χ2n) is 4.29. The van der Waals surface area contributed by atoms with E-state index in [1.807, 2.05) is 0 Å². The molecule has 22 heavy (non-hydrogen) atoms. The Balaban J connectivity index is 2.02. The van der Waals surface area contributed by atoms with Crippen LogP contribution in [0.2, 0.25) is 10.0 Å². The van der Waals surface area contributed by atoms with Crippen LogP contribution in [-0.2, 0) is 11.3 Å². The third-order valence-corrected chi connectivity index (χ3v) is 3.17. The van der Waals surface area contributed by atoms with Gasteiger partial charge in [-0.2, -0.15) is 5.10 Å². The lowest BCUT2D eigenvalue weighted by Gasteiger charge is -2.04. The maximum Gasteiger partial charge on any atom is 0.260 e. The molecule has 2 rings (SSSR count). The van der Waals surface area contributed by atoms with Gasteiger partial charge in [-0.1, -0.05) is 29.3 Å². The van der Waals surface area contributed by atoms with E-state index < -0.39 is 5.91 Å². The first-order valence-corrected chi connectivity index (χ1v) is 6.88. The Morgan fingerprint density at radius 1 is 1.36 bits per heavy atom. The van der Waals surface area contributed by atoms with Crippen molar-refractivity contribution >= 4 is 35.3 Å². The maximum atomic E-state index is 11.7. The first kappa shape index (κ1) is 16.1. The van der Waals surface area contributed by atoms with Crippen LogP contribution in [0.1, 0.15) is 5.56 Å². The Morgan fingerprint density at radius 2 is 2.14 bits per heavy atom. The highest BCUT2D eigenvalue weighted by Gasteiger charge is 2.06. The van der Waals surface area contributed by atoms with Gasteiger partial charge in [0.1, 0.15) is 12.3 Å². The Kier molecular flexibility index (Phi) is 5.19. The predicted molar refractivity (Wildman–Crippen MR) is 84.6 cm³/mol. The normalized spacial score (nSPS) is 10.8. The predicted octanol–water partition coefficient (Wildman–Crippen LogP) is 2.01. The molecule has 0 aliphatic heterocycles. The number of benzene rings is 1. The number of halogens is 2. The first-order chi connectivity index (χ1) is 10.5. The maximum absolute atomic E-state index is 11.7. The monoisotopic (exact) mass is 339 g/mol. The Morgan fingerprint density at radius 3 is 2.86 bits per heavy atom. The van der Waals surface area contributed by atoms with Gasteiger partial charge in [0.2, 0.25) is 0 Å². The molecule has 0 unspecified atom stereocenters. The summed E-state index contributed by atoms with van der Waals surface area (Å²) in [5.41, 5.74) is 2.21. The van der Waals surface area contributed by atoms with E-state index in [0.717, 1.165) is 0 Å². The molecule has 0 saturated carbocycles. The molecule has 1 aromatic carbocycles. The number of carbonyl (C=O) groups is 1. The molecule has 0 atom stereocenters. The molecule has 0 saturated heterocycles. The van der Waals surface area contributed by atoms with Crippen LogP contribution in [0, 0.1) is 0 Å². The first-order valence-electron chi connectivity index (χ1n) is 6.13. The fourth-order valence-corrected chi connectivity index (χ4v) is 2.15. The number of nitrogens with zero attached hydrogens (tertiary/aromatic N) is 2. The minimum Gasteiger partial charge on any atom is -0.506 e. The third-order valence-electron chi connectivity index (χ3n) is 2.66.